The molecular weight excluding hydrogens is 1750 g/mol. The van der Waals surface area contributed by atoms with Crippen LogP contribution in [0.3, 0.4) is 0 Å². The Labute approximate surface area is 832 Å². The lowest BCUT2D eigenvalue weighted by Crippen LogP contribution is -2.11. The largest absolute Gasteiger partial charge is 0.310 e. The van der Waals surface area contributed by atoms with E-state index in [-0.39, 0.29) is 0 Å². The molecular formula is C136H88N8. The zero-order valence-corrected chi connectivity index (χ0v) is 78.4. The van der Waals surface area contributed by atoms with Gasteiger partial charge in [0, 0.05) is 119 Å². The summed E-state index contributed by atoms with van der Waals surface area (Å²) in [5.41, 5.74) is 35.7. The molecule has 6 aromatic heterocycles. The highest BCUT2D eigenvalue weighted by Gasteiger charge is 2.30. The molecule has 8 nitrogen and oxygen atoms in total. The Morgan fingerprint density at radius 3 is 0.806 bits per heavy atom. The molecule has 6 heterocycles. The summed E-state index contributed by atoms with van der Waals surface area (Å²) in [7, 11) is 0. The van der Waals surface area contributed by atoms with E-state index in [9.17, 15) is 0 Å². The minimum atomic E-state index is 0.968. The smallest absolute Gasteiger partial charge is 0.0708 e. The van der Waals surface area contributed by atoms with Crippen molar-refractivity contribution in [2.45, 2.75) is 0 Å². The zero-order chi connectivity index (χ0) is 95.1. The SMILES string of the molecule is c1ccc(N(c2ccc(-n3c4ccccc4c4ccccc43)cc2)c2ccc3c(-c4ccccc4-c4ccc5cccnc5c4)c4ccccc4c(-c4ccccc4-c4ccc5cccnc5c4)c3c2)cc1.c1ccc(N(c2ccc(-n3c4ccccc4c4ccccc43)cc2)c2cccc3c(-c4ccccc4-c4ccc5cccnc5c4)c4ccccc4c(-c4ccccc4-c4ccc5cccnc5c4)c23)cc1. The first-order valence-corrected chi connectivity index (χ1v) is 49.1. The quantitative estimate of drug-likeness (QED) is 0.0898. The van der Waals surface area contributed by atoms with Crippen molar-refractivity contribution in [3.63, 3.8) is 0 Å². The topological polar surface area (TPSA) is 67.9 Å². The van der Waals surface area contributed by atoms with Crippen molar-refractivity contribution in [1.82, 2.24) is 29.1 Å². The van der Waals surface area contributed by atoms with Crippen molar-refractivity contribution in [1.29, 1.82) is 0 Å². The first-order valence-electron chi connectivity index (χ1n) is 49.1. The summed E-state index contributed by atoms with van der Waals surface area (Å²) in [5, 5.41) is 18.8. The second kappa shape index (κ2) is 35.6. The summed E-state index contributed by atoms with van der Waals surface area (Å²) in [6.45, 7) is 0. The molecule has 0 aliphatic rings. The number of fused-ring (bicyclic) bond motifs is 14. The van der Waals surface area contributed by atoms with Crippen LogP contribution >= 0.6 is 0 Å². The summed E-state index contributed by atoms with van der Waals surface area (Å²) in [6, 6.07) is 185. The molecule has 0 saturated carbocycles. The van der Waals surface area contributed by atoms with Crippen LogP contribution in [-0.2, 0) is 0 Å². The molecule has 28 aromatic rings. The second-order valence-corrected chi connectivity index (χ2v) is 37.0. The molecule has 0 spiro atoms. The molecule has 0 aliphatic heterocycles. The zero-order valence-electron chi connectivity index (χ0n) is 78.4. The molecule has 0 fully saturated rings. The summed E-state index contributed by atoms with van der Waals surface area (Å²) in [6.07, 6.45) is 7.51. The highest BCUT2D eigenvalue weighted by atomic mass is 15.2. The van der Waals surface area contributed by atoms with Crippen molar-refractivity contribution in [2.24, 2.45) is 0 Å². The first kappa shape index (κ1) is 84.0. The fraction of sp³-hybridized carbons (Fsp3) is 0. The lowest BCUT2D eigenvalue weighted by atomic mass is 9.81. The van der Waals surface area contributed by atoms with Gasteiger partial charge < -0.3 is 18.9 Å². The first-order chi connectivity index (χ1) is 71.5. The third-order valence-electron chi connectivity index (χ3n) is 28.9. The van der Waals surface area contributed by atoms with Gasteiger partial charge in [-0.3, -0.25) is 19.9 Å². The molecule has 0 amide bonds. The highest BCUT2D eigenvalue weighted by Crippen LogP contribution is 2.56. The lowest BCUT2D eigenvalue weighted by Gasteiger charge is -2.30. The molecule has 0 saturated heterocycles. The predicted molar refractivity (Wildman–Crippen MR) is 606 cm³/mol. The van der Waals surface area contributed by atoms with E-state index in [1.165, 1.54) is 98.4 Å². The normalized spacial score (nSPS) is 11.6. The number of hydrogen-bond donors (Lipinski definition) is 0. The van der Waals surface area contributed by atoms with Gasteiger partial charge in [-0.1, -0.05) is 346 Å². The van der Waals surface area contributed by atoms with Crippen molar-refractivity contribution in [3.05, 3.63) is 534 Å². The maximum absolute atomic E-state index is 4.81. The van der Waals surface area contributed by atoms with Gasteiger partial charge in [-0.15, -0.1) is 0 Å². The maximum Gasteiger partial charge on any atom is 0.0708 e. The third-order valence-corrected chi connectivity index (χ3v) is 28.9. The summed E-state index contributed by atoms with van der Waals surface area (Å²) in [5.74, 6) is 0. The van der Waals surface area contributed by atoms with Crippen LogP contribution in [0, 0.1) is 0 Å². The minimum absolute atomic E-state index is 0.968. The summed E-state index contributed by atoms with van der Waals surface area (Å²) < 4.78 is 4.77. The minimum Gasteiger partial charge on any atom is -0.310 e. The van der Waals surface area contributed by atoms with Crippen LogP contribution in [0.1, 0.15) is 0 Å². The molecule has 22 aromatic carbocycles. The standard InChI is InChI=1S/2C68H44N4/c1-2-19-49(20-3-1)71(50-37-39-51(40-38-50)72-63-30-12-10-23-54(63)55-24-11-13-31-64(55)72)65-32-14-29-60-66(56-25-6-4-21-52(56)47-35-33-45-17-15-41-69-61(45)43-47)58-27-8-9-28-59(58)67(68(60)65)57-26-7-5-22-53(57)48-36-34-46-18-16-42-70-62(46)44-48;1-2-18-49(19-3-1)71(50-34-36-51(37-35-50)72-65-28-12-10-22-55(65)56-23-11-13-29-66(56)72)52-38-39-61-62(44-52)68(58-25-7-5-21-54(58)48-33-31-46-17-15-41-70-64(46)43-48)60-27-9-8-26-59(60)67(61)57-24-6-4-20-53(57)47-32-30-45-16-14-40-69-63(45)42-47/h2*1-44H. The van der Waals surface area contributed by atoms with Crippen LogP contribution in [-0.4, -0.2) is 29.1 Å². The summed E-state index contributed by atoms with van der Waals surface area (Å²) >= 11 is 0. The van der Waals surface area contributed by atoms with E-state index in [2.05, 4.69) is 504 Å². The van der Waals surface area contributed by atoms with Gasteiger partial charge in [-0.2, -0.15) is 0 Å². The van der Waals surface area contributed by atoms with Gasteiger partial charge in [0.25, 0.3) is 0 Å². The van der Waals surface area contributed by atoms with Crippen molar-refractivity contribution in [3.8, 4) is 100 Å². The summed E-state index contributed by atoms with van der Waals surface area (Å²) in [4.78, 5) is 24.0. The number of nitrogens with zero attached hydrogens (tertiary/aromatic N) is 8. The Kier molecular flexibility index (Phi) is 20.8. The van der Waals surface area contributed by atoms with Crippen molar-refractivity contribution >= 4 is 164 Å². The molecule has 0 atom stereocenters. The van der Waals surface area contributed by atoms with Gasteiger partial charge in [0.15, 0.2) is 0 Å². The van der Waals surface area contributed by atoms with Gasteiger partial charge in [0.1, 0.15) is 0 Å². The van der Waals surface area contributed by atoms with Gasteiger partial charge >= 0.3 is 0 Å². The third kappa shape index (κ3) is 14.5. The van der Waals surface area contributed by atoms with E-state index in [0.717, 1.165) is 166 Å². The number of benzene rings is 22. The second-order valence-electron chi connectivity index (χ2n) is 37.0. The Hall–Kier alpha value is -19.3. The van der Waals surface area contributed by atoms with Crippen LogP contribution in [0.4, 0.5) is 34.1 Å². The van der Waals surface area contributed by atoms with Gasteiger partial charge in [-0.05, 0) is 285 Å². The van der Waals surface area contributed by atoms with Crippen LogP contribution in [0.2, 0.25) is 0 Å². The molecule has 0 aliphatic carbocycles. The molecule has 672 valence electrons. The predicted octanol–water partition coefficient (Wildman–Crippen LogP) is 36.6. The van der Waals surface area contributed by atoms with E-state index in [4.69, 9.17) is 19.9 Å². The number of para-hydroxylation sites is 6. The van der Waals surface area contributed by atoms with E-state index in [1.807, 2.05) is 49.1 Å². The monoisotopic (exact) mass is 1830 g/mol. The molecule has 0 radical (unpaired) electrons. The Morgan fingerprint density at radius 1 is 0.160 bits per heavy atom. The number of anilines is 6. The number of rotatable bonds is 16. The molecule has 0 unspecified atom stereocenters. The van der Waals surface area contributed by atoms with Crippen LogP contribution in [0.15, 0.2) is 534 Å². The average Bonchev–Trinajstić information content (AvgIpc) is 1.37. The maximum atomic E-state index is 4.81. The highest BCUT2D eigenvalue weighted by molar-refractivity contribution is 6.28. The number of aromatic nitrogens is 6. The van der Waals surface area contributed by atoms with Crippen LogP contribution < -0.4 is 9.80 Å². The van der Waals surface area contributed by atoms with E-state index in [1.54, 1.807) is 0 Å². The fourth-order valence-electron chi connectivity index (χ4n) is 22.5. The van der Waals surface area contributed by atoms with Gasteiger partial charge in [0.2, 0.25) is 0 Å². The molecule has 8 heteroatoms. The van der Waals surface area contributed by atoms with E-state index >= 15 is 0 Å². The molecule has 0 bridgehead atoms. The van der Waals surface area contributed by atoms with E-state index in [0.29, 0.717) is 0 Å². The Balaban J connectivity index is 0.000000143. The Morgan fingerprint density at radius 2 is 0.431 bits per heavy atom. The van der Waals surface area contributed by atoms with Gasteiger partial charge in [-0.25, -0.2) is 0 Å². The van der Waals surface area contributed by atoms with Crippen LogP contribution in [0.25, 0.3) is 231 Å². The molecule has 28 rings (SSSR count). The number of pyridine rings is 4. The lowest BCUT2D eigenvalue weighted by molar-refractivity contribution is 1.17. The Bertz CT molecular complexity index is 9690. The fourth-order valence-corrected chi connectivity index (χ4v) is 22.5. The van der Waals surface area contributed by atoms with Crippen molar-refractivity contribution < 1.29 is 0 Å². The van der Waals surface area contributed by atoms with Gasteiger partial charge in [0.05, 0.1) is 49.8 Å². The van der Waals surface area contributed by atoms with Crippen molar-refractivity contribution in [2.75, 3.05) is 9.80 Å². The van der Waals surface area contributed by atoms with Crippen LogP contribution in [0.5, 0.6) is 0 Å². The molecule has 144 heavy (non-hydrogen) atoms. The average molecular weight is 1830 g/mol. The molecule has 0 N–H and O–H groups in total. The number of hydrogen-bond acceptors (Lipinski definition) is 6. The van der Waals surface area contributed by atoms with E-state index < -0.39 is 0 Å².